The van der Waals surface area contributed by atoms with Crippen LogP contribution in [0.2, 0.25) is 0 Å². The van der Waals surface area contributed by atoms with E-state index < -0.39 is 10.2 Å². The van der Waals surface area contributed by atoms with Gasteiger partial charge in [-0.15, -0.1) is 0 Å². The summed E-state index contributed by atoms with van der Waals surface area (Å²) in [6.07, 6.45) is 5.72. The van der Waals surface area contributed by atoms with Crippen molar-refractivity contribution in [2.75, 3.05) is 45.2 Å². The molecule has 0 aromatic carbocycles. The lowest BCUT2D eigenvalue weighted by molar-refractivity contribution is 0.292. The molecule has 0 saturated carbocycles. The zero-order valence-electron chi connectivity index (χ0n) is 14.0. The summed E-state index contributed by atoms with van der Waals surface area (Å²) in [6, 6.07) is 4.10. The first-order chi connectivity index (χ1) is 11.0. The largest absolute Gasteiger partial charge is 0.363 e. The maximum atomic E-state index is 12.8. The van der Waals surface area contributed by atoms with E-state index in [1.165, 1.54) is 5.56 Å². The van der Waals surface area contributed by atoms with E-state index in [0.29, 0.717) is 26.2 Å². The smallest absolute Gasteiger partial charge is 0.281 e. The molecule has 2 fully saturated rings. The van der Waals surface area contributed by atoms with Gasteiger partial charge in [0.1, 0.15) is 5.82 Å². The molecule has 2 aliphatic rings. The van der Waals surface area contributed by atoms with Crippen LogP contribution < -0.4 is 4.90 Å². The van der Waals surface area contributed by atoms with Gasteiger partial charge in [-0.3, -0.25) is 0 Å². The van der Waals surface area contributed by atoms with Crippen molar-refractivity contribution < 1.29 is 8.42 Å². The van der Waals surface area contributed by atoms with Crippen LogP contribution in [-0.4, -0.2) is 62.3 Å². The second-order valence-corrected chi connectivity index (χ2v) is 8.58. The van der Waals surface area contributed by atoms with Crippen LogP contribution in [0.3, 0.4) is 0 Å². The third kappa shape index (κ3) is 3.51. The van der Waals surface area contributed by atoms with E-state index in [1.807, 2.05) is 31.3 Å². The summed E-state index contributed by atoms with van der Waals surface area (Å²) in [6.45, 7) is 2.56. The van der Waals surface area contributed by atoms with Crippen molar-refractivity contribution in [3.05, 3.63) is 23.9 Å². The Kier molecular flexibility index (Phi) is 4.89. The fourth-order valence-corrected chi connectivity index (χ4v) is 5.21. The topological polar surface area (TPSA) is 56.8 Å². The summed E-state index contributed by atoms with van der Waals surface area (Å²) in [7, 11) is 0.650. The molecule has 23 heavy (non-hydrogen) atoms. The molecule has 6 nitrogen and oxygen atoms in total. The quantitative estimate of drug-likeness (QED) is 0.838. The van der Waals surface area contributed by atoms with Crippen molar-refractivity contribution >= 4 is 16.0 Å². The van der Waals surface area contributed by atoms with Crippen LogP contribution in [0.15, 0.2) is 18.3 Å². The number of nitrogens with zero attached hydrogens (tertiary/aromatic N) is 4. The van der Waals surface area contributed by atoms with Crippen LogP contribution in [0.1, 0.15) is 37.2 Å². The van der Waals surface area contributed by atoms with Gasteiger partial charge in [0.15, 0.2) is 0 Å². The van der Waals surface area contributed by atoms with Crippen LogP contribution in [0.25, 0.3) is 0 Å². The Morgan fingerprint density at radius 2 is 1.83 bits per heavy atom. The van der Waals surface area contributed by atoms with E-state index >= 15 is 0 Å². The van der Waals surface area contributed by atoms with Gasteiger partial charge in [-0.05, 0) is 49.3 Å². The van der Waals surface area contributed by atoms with Crippen LogP contribution in [0.5, 0.6) is 0 Å². The third-order valence-electron chi connectivity index (χ3n) is 4.80. The van der Waals surface area contributed by atoms with Crippen molar-refractivity contribution in [2.45, 2.75) is 31.6 Å². The van der Waals surface area contributed by atoms with Crippen molar-refractivity contribution in [2.24, 2.45) is 0 Å². The third-order valence-corrected chi connectivity index (χ3v) is 6.80. The molecular weight excluding hydrogens is 312 g/mol. The van der Waals surface area contributed by atoms with Crippen LogP contribution in [-0.2, 0) is 10.2 Å². The van der Waals surface area contributed by atoms with Gasteiger partial charge >= 0.3 is 0 Å². The van der Waals surface area contributed by atoms with Gasteiger partial charge in [0.2, 0.25) is 0 Å². The van der Waals surface area contributed by atoms with Gasteiger partial charge in [-0.2, -0.15) is 17.0 Å². The molecule has 0 spiro atoms. The van der Waals surface area contributed by atoms with E-state index in [-0.39, 0.29) is 5.92 Å². The minimum absolute atomic E-state index is 0.253. The summed E-state index contributed by atoms with van der Waals surface area (Å²) in [4.78, 5) is 6.33. The summed E-state index contributed by atoms with van der Waals surface area (Å²) < 4.78 is 28.9. The fourth-order valence-electron chi connectivity index (χ4n) is 3.44. The van der Waals surface area contributed by atoms with E-state index in [1.54, 1.807) is 8.61 Å². The Bertz CT molecular complexity index is 641. The monoisotopic (exact) mass is 338 g/mol. The predicted octanol–water partition coefficient (Wildman–Crippen LogP) is 1.67. The lowest BCUT2D eigenvalue weighted by Gasteiger charge is -2.34. The van der Waals surface area contributed by atoms with E-state index in [2.05, 4.69) is 11.1 Å². The number of rotatable bonds is 4. The Morgan fingerprint density at radius 3 is 2.52 bits per heavy atom. The molecule has 0 amide bonds. The molecule has 1 aromatic rings. The minimum Gasteiger partial charge on any atom is -0.363 e. The molecule has 1 unspecified atom stereocenters. The summed E-state index contributed by atoms with van der Waals surface area (Å²) in [5, 5.41) is 0. The number of hydrogen-bond donors (Lipinski definition) is 0. The highest BCUT2D eigenvalue weighted by Crippen LogP contribution is 2.30. The van der Waals surface area contributed by atoms with Crippen LogP contribution >= 0.6 is 0 Å². The highest BCUT2D eigenvalue weighted by Gasteiger charge is 2.35. The van der Waals surface area contributed by atoms with Gasteiger partial charge in [0.25, 0.3) is 10.2 Å². The van der Waals surface area contributed by atoms with Gasteiger partial charge in [0.05, 0.1) is 0 Å². The molecule has 0 N–H and O–H groups in total. The Labute approximate surface area is 139 Å². The number of piperidine rings is 1. The number of anilines is 1. The molecule has 2 saturated heterocycles. The van der Waals surface area contributed by atoms with Gasteiger partial charge in [0, 0.05) is 46.5 Å². The Hall–Kier alpha value is -1.18. The lowest BCUT2D eigenvalue weighted by atomic mass is 9.92. The standard InChI is InChI=1S/C16H26N4O2S/c1-18(2)16-12-14(7-8-17-16)15-6-5-11-20(13-15)23(21,22)19-9-3-4-10-19/h7-8,12,15H,3-6,9-11,13H2,1-2H3. The van der Waals surface area contributed by atoms with Crippen LogP contribution in [0.4, 0.5) is 5.82 Å². The first-order valence-corrected chi connectivity index (χ1v) is 9.76. The number of pyridine rings is 1. The van der Waals surface area contributed by atoms with Crippen molar-refractivity contribution in [3.63, 3.8) is 0 Å². The second kappa shape index (κ2) is 6.75. The molecule has 0 bridgehead atoms. The molecule has 1 aromatic heterocycles. The fraction of sp³-hybridized carbons (Fsp3) is 0.688. The zero-order valence-corrected chi connectivity index (χ0v) is 14.8. The molecule has 3 rings (SSSR count). The van der Waals surface area contributed by atoms with Crippen LogP contribution in [0, 0.1) is 0 Å². The molecule has 1 atom stereocenters. The molecule has 0 aliphatic carbocycles. The summed E-state index contributed by atoms with van der Waals surface area (Å²) >= 11 is 0. The predicted molar refractivity (Wildman–Crippen MR) is 91.8 cm³/mol. The van der Waals surface area contributed by atoms with E-state index in [0.717, 1.165) is 31.5 Å². The maximum Gasteiger partial charge on any atom is 0.281 e. The van der Waals surface area contributed by atoms with Crippen molar-refractivity contribution in [3.8, 4) is 0 Å². The lowest BCUT2D eigenvalue weighted by Crippen LogP contribution is -2.46. The minimum atomic E-state index is -3.29. The highest BCUT2D eigenvalue weighted by molar-refractivity contribution is 7.86. The van der Waals surface area contributed by atoms with Gasteiger partial charge in [-0.1, -0.05) is 0 Å². The summed E-state index contributed by atoms with van der Waals surface area (Å²) in [5.41, 5.74) is 1.19. The highest BCUT2D eigenvalue weighted by atomic mass is 32.2. The van der Waals surface area contributed by atoms with Crippen molar-refractivity contribution in [1.29, 1.82) is 0 Å². The molecule has 2 aliphatic heterocycles. The zero-order chi connectivity index (χ0) is 16.4. The maximum absolute atomic E-state index is 12.8. The molecule has 0 radical (unpaired) electrons. The summed E-state index contributed by atoms with van der Waals surface area (Å²) in [5.74, 6) is 1.17. The normalized spacial score (nSPS) is 24.0. The number of aromatic nitrogens is 1. The second-order valence-electron chi connectivity index (χ2n) is 6.65. The van der Waals surface area contributed by atoms with Gasteiger partial charge in [-0.25, -0.2) is 4.98 Å². The number of hydrogen-bond acceptors (Lipinski definition) is 4. The molecule has 7 heteroatoms. The van der Waals surface area contributed by atoms with Crippen molar-refractivity contribution in [1.82, 2.24) is 13.6 Å². The average molecular weight is 338 g/mol. The Balaban J connectivity index is 1.77. The molecule has 3 heterocycles. The van der Waals surface area contributed by atoms with E-state index in [4.69, 9.17) is 0 Å². The SMILES string of the molecule is CN(C)c1cc(C2CCCN(S(=O)(=O)N3CCCC3)C2)ccn1. The average Bonchev–Trinajstić information content (AvgIpc) is 3.10. The first-order valence-electron chi connectivity index (χ1n) is 8.37. The molecule has 128 valence electrons. The Morgan fingerprint density at radius 1 is 1.13 bits per heavy atom. The van der Waals surface area contributed by atoms with Gasteiger partial charge < -0.3 is 4.90 Å². The molecular formula is C16H26N4O2S. The van der Waals surface area contributed by atoms with E-state index in [9.17, 15) is 8.42 Å². The first kappa shape index (κ1) is 16.7.